The van der Waals surface area contributed by atoms with Crippen molar-refractivity contribution in [2.24, 2.45) is 5.92 Å². The highest BCUT2D eigenvalue weighted by molar-refractivity contribution is 5.82. The Balaban J connectivity index is 1.45. The monoisotopic (exact) mass is 374 g/mol. The average Bonchev–Trinajstić information content (AvgIpc) is 2.69. The van der Waals surface area contributed by atoms with Crippen molar-refractivity contribution in [1.82, 2.24) is 15.2 Å². The summed E-state index contributed by atoms with van der Waals surface area (Å²) in [6.07, 6.45) is 7.40. The second-order valence-electron chi connectivity index (χ2n) is 7.62. The number of nitrogens with one attached hydrogen (secondary N) is 1. The summed E-state index contributed by atoms with van der Waals surface area (Å²) in [5, 5.41) is 12.6. The number of carbonyl (C=O) groups excluding carboxylic acids is 1. The lowest BCUT2D eigenvalue weighted by Crippen LogP contribution is -2.49. The van der Waals surface area contributed by atoms with Gasteiger partial charge in [0.25, 0.3) is 0 Å². The molecule has 1 saturated carbocycles. The fourth-order valence-electron chi connectivity index (χ4n) is 4.00. The Morgan fingerprint density at radius 1 is 1.15 bits per heavy atom. The van der Waals surface area contributed by atoms with Crippen LogP contribution in [0.4, 0.5) is 5.82 Å². The van der Waals surface area contributed by atoms with Crippen molar-refractivity contribution in [2.75, 3.05) is 37.6 Å². The number of hydrogen-bond acceptors (Lipinski definition) is 5. The maximum atomic E-state index is 12.3. The Labute approximate surface area is 160 Å². The van der Waals surface area contributed by atoms with Crippen LogP contribution in [0.3, 0.4) is 0 Å². The van der Waals surface area contributed by atoms with Gasteiger partial charge in [-0.25, -0.2) is 4.98 Å². The number of aliphatic carboxylic acids is 1. The Morgan fingerprint density at radius 2 is 1.89 bits per heavy atom. The topological polar surface area (TPSA) is 85.8 Å². The average molecular weight is 374 g/mol. The van der Waals surface area contributed by atoms with Crippen LogP contribution in [0.2, 0.25) is 0 Å². The van der Waals surface area contributed by atoms with E-state index in [2.05, 4.69) is 20.1 Å². The minimum atomic E-state index is -0.888. The molecule has 1 saturated heterocycles. The molecular formula is C20H30N4O3. The van der Waals surface area contributed by atoms with Gasteiger partial charge in [-0.1, -0.05) is 25.3 Å². The highest BCUT2D eigenvalue weighted by Crippen LogP contribution is 2.18. The number of amides is 1. The molecule has 0 aromatic carbocycles. The van der Waals surface area contributed by atoms with E-state index in [1.54, 1.807) is 6.20 Å². The second kappa shape index (κ2) is 9.69. The third-order valence-electron chi connectivity index (χ3n) is 5.58. The predicted octanol–water partition coefficient (Wildman–Crippen LogP) is 1.74. The first-order valence-electron chi connectivity index (χ1n) is 10.0. The van der Waals surface area contributed by atoms with Crippen LogP contribution in [0.1, 0.15) is 38.5 Å². The fraction of sp³-hybridized carbons (Fsp3) is 0.650. The number of aromatic nitrogens is 1. The minimum absolute atomic E-state index is 0.0618. The number of carbonyl (C=O) groups is 2. The molecule has 0 unspecified atom stereocenters. The van der Waals surface area contributed by atoms with Crippen LogP contribution in [0.25, 0.3) is 0 Å². The number of nitrogens with zero attached hydrogens (tertiary/aromatic N) is 3. The van der Waals surface area contributed by atoms with Crippen LogP contribution < -0.4 is 10.2 Å². The van der Waals surface area contributed by atoms with Crippen molar-refractivity contribution in [1.29, 1.82) is 0 Å². The molecule has 2 aliphatic rings. The molecule has 1 aliphatic heterocycles. The van der Waals surface area contributed by atoms with Crippen LogP contribution in [-0.4, -0.2) is 65.6 Å². The van der Waals surface area contributed by atoms with Crippen molar-refractivity contribution >= 4 is 17.7 Å². The zero-order chi connectivity index (χ0) is 19.1. The lowest BCUT2D eigenvalue weighted by molar-refractivity contribution is -0.145. The largest absolute Gasteiger partial charge is 0.481 e. The molecule has 1 aliphatic carbocycles. The second-order valence-corrected chi connectivity index (χ2v) is 7.62. The van der Waals surface area contributed by atoms with E-state index in [9.17, 15) is 14.7 Å². The van der Waals surface area contributed by atoms with Crippen LogP contribution in [-0.2, 0) is 9.59 Å². The number of rotatable bonds is 7. The molecule has 27 heavy (non-hydrogen) atoms. The van der Waals surface area contributed by atoms with Crippen LogP contribution in [0, 0.1) is 5.92 Å². The van der Waals surface area contributed by atoms with E-state index in [1.165, 1.54) is 6.42 Å². The van der Waals surface area contributed by atoms with Gasteiger partial charge < -0.3 is 15.3 Å². The minimum Gasteiger partial charge on any atom is -0.481 e. The molecule has 1 atom stereocenters. The fourth-order valence-corrected chi connectivity index (χ4v) is 4.00. The van der Waals surface area contributed by atoms with Crippen LogP contribution in [0.15, 0.2) is 24.4 Å². The molecule has 2 heterocycles. The molecule has 3 rings (SSSR count). The van der Waals surface area contributed by atoms with Crippen LogP contribution in [0.5, 0.6) is 0 Å². The summed E-state index contributed by atoms with van der Waals surface area (Å²) in [4.78, 5) is 32.7. The number of piperazine rings is 1. The molecular weight excluding hydrogens is 344 g/mol. The van der Waals surface area contributed by atoms with Gasteiger partial charge in [0.15, 0.2) is 0 Å². The van der Waals surface area contributed by atoms with E-state index in [0.717, 1.165) is 57.7 Å². The molecule has 1 aromatic rings. The number of carboxylic acids is 1. The first kappa shape index (κ1) is 19.6. The van der Waals surface area contributed by atoms with Gasteiger partial charge in [-0.15, -0.1) is 0 Å². The standard InChI is InChI=1S/C20H30N4O3/c25-19(22-17-6-2-1-3-7-17)14-16(20(26)27)15-23-10-12-24(13-11-23)18-8-4-5-9-21-18/h4-5,8-9,16-17H,1-3,6-7,10-15H2,(H,22,25)(H,26,27)/t16-/m1/s1. The third-order valence-corrected chi connectivity index (χ3v) is 5.58. The molecule has 2 N–H and O–H groups in total. The lowest BCUT2D eigenvalue weighted by atomic mass is 9.95. The molecule has 148 valence electrons. The molecule has 1 amide bonds. The van der Waals surface area contributed by atoms with Gasteiger partial charge in [-0.2, -0.15) is 0 Å². The Morgan fingerprint density at radius 3 is 2.52 bits per heavy atom. The van der Waals surface area contributed by atoms with Crippen molar-refractivity contribution in [3.05, 3.63) is 24.4 Å². The lowest BCUT2D eigenvalue weighted by Gasteiger charge is -2.36. The summed E-state index contributed by atoms with van der Waals surface area (Å²) < 4.78 is 0. The highest BCUT2D eigenvalue weighted by Gasteiger charge is 2.27. The molecule has 0 spiro atoms. The van der Waals surface area contributed by atoms with Crippen molar-refractivity contribution in [3.63, 3.8) is 0 Å². The zero-order valence-corrected chi connectivity index (χ0v) is 15.8. The summed E-state index contributed by atoms with van der Waals surface area (Å²) in [5.41, 5.74) is 0. The summed E-state index contributed by atoms with van der Waals surface area (Å²) in [6, 6.07) is 6.09. The smallest absolute Gasteiger partial charge is 0.308 e. The van der Waals surface area contributed by atoms with E-state index in [4.69, 9.17) is 0 Å². The van der Waals surface area contributed by atoms with E-state index in [0.29, 0.717) is 6.54 Å². The molecule has 2 fully saturated rings. The Hall–Kier alpha value is -2.15. The number of hydrogen-bond donors (Lipinski definition) is 2. The highest BCUT2D eigenvalue weighted by atomic mass is 16.4. The van der Waals surface area contributed by atoms with E-state index in [-0.39, 0.29) is 18.4 Å². The van der Waals surface area contributed by atoms with Gasteiger partial charge in [0.2, 0.25) is 5.91 Å². The van der Waals surface area contributed by atoms with Gasteiger partial charge in [-0.3, -0.25) is 14.5 Å². The van der Waals surface area contributed by atoms with Crippen LogP contribution >= 0.6 is 0 Å². The van der Waals surface area contributed by atoms with Crippen molar-refractivity contribution in [2.45, 2.75) is 44.6 Å². The Kier molecular flexibility index (Phi) is 7.04. The third kappa shape index (κ3) is 5.92. The quantitative estimate of drug-likeness (QED) is 0.756. The van der Waals surface area contributed by atoms with Crippen molar-refractivity contribution < 1.29 is 14.7 Å². The van der Waals surface area contributed by atoms with E-state index >= 15 is 0 Å². The van der Waals surface area contributed by atoms with Gasteiger partial charge >= 0.3 is 5.97 Å². The van der Waals surface area contributed by atoms with Gasteiger partial charge in [0.05, 0.1) is 5.92 Å². The molecule has 1 aromatic heterocycles. The normalized spacial score (nSPS) is 20.2. The maximum Gasteiger partial charge on any atom is 0.308 e. The Bertz CT molecular complexity index is 611. The zero-order valence-electron chi connectivity index (χ0n) is 15.8. The van der Waals surface area contributed by atoms with Gasteiger partial charge in [-0.05, 0) is 25.0 Å². The maximum absolute atomic E-state index is 12.3. The summed E-state index contributed by atoms with van der Waals surface area (Å²) >= 11 is 0. The number of carboxylic acid groups (broad SMARTS) is 1. The van der Waals surface area contributed by atoms with E-state index in [1.807, 2.05) is 18.2 Å². The SMILES string of the molecule is O=C(C[C@H](CN1CCN(c2ccccn2)CC1)C(=O)O)NC1CCCCC1. The molecule has 7 nitrogen and oxygen atoms in total. The summed E-state index contributed by atoms with van der Waals surface area (Å²) in [6.45, 7) is 3.62. The molecule has 7 heteroatoms. The van der Waals surface area contributed by atoms with E-state index < -0.39 is 11.9 Å². The van der Waals surface area contributed by atoms with Gasteiger partial charge in [0.1, 0.15) is 5.82 Å². The number of pyridine rings is 1. The van der Waals surface area contributed by atoms with Gasteiger partial charge in [0, 0.05) is 51.4 Å². The molecule has 0 bridgehead atoms. The van der Waals surface area contributed by atoms with Crippen molar-refractivity contribution in [3.8, 4) is 0 Å². The number of anilines is 1. The summed E-state index contributed by atoms with van der Waals surface area (Å²) in [5.74, 6) is -0.712. The summed E-state index contributed by atoms with van der Waals surface area (Å²) in [7, 11) is 0. The first-order valence-corrected chi connectivity index (χ1v) is 10.0. The predicted molar refractivity (Wildman–Crippen MR) is 104 cm³/mol. The first-order chi connectivity index (χ1) is 13.1. The molecule has 0 radical (unpaired) electrons.